The van der Waals surface area contributed by atoms with E-state index >= 15 is 0 Å². The third-order valence-corrected chi connectivity index (χ3v) is 0.144. The maximum atomic E-state index is 9.05. The molecule has 0 aliphatic heterocycles. The Morgan fingerprint density at radius 2 is 2.25 bits per heavy atom. The molecule has 0 N–H and O–H groups in total. The van der Waals surface area contributed by atoms with E-state index in [0.29, 0.717) is 6.42 Å². The van der Waals surface area contributed by atoms with Gasteiger partial charge in [-0.3, -0.25) is 4.79 Å². The van der Waals surface area contributed by atoms with Gasteiger partial charge in [-0.15, -0.1) is 0 Å². The molecule has 0 aromatic rings. The molecule has 0 bridgehead atoms. The zero-order chi connectivity index (χ0) is 3.41. The summed E-state index contributed by atoms with van der Waals surface area (Å²) in [7, 11) is 0. The highest BCUT2D eigenvalue weighted by atomic mass is 16.1. The van der Waals surface area contributed by atoms with Crippen molar-refractivity contribution in [2.45, 2.75) is 13.3 Å². The third-order valence-electron chi connectivity index (χ3n) is 0.144. The van der Waals surface area contributed by atoms with Gasteiger partial charge in [-0.25, -0.2) is 0 Å². The van der Waals surface area contributed by atoms with Crippen LogP contribution in [0, 0.1) is 0 Å². The summed E-state index contributed by atoms with van der Waals surface area (Å²) in [6.07, 6.45) is 2.19. The lowest BCUT2D eigenvalue weighted by atomic mass is 10.6. The molecule has 0 spiro atoms. The van der Waals surface area contributed by atoms with E-state index in [0.717, 1.165) is 0 Å². The van der Waals surface area contributed by atoms with E-state index in [-0.39, 0.29) is 0 Å². The number of carbonyl (C=O) groups excluding carboxylic acids is 1. The Morgan fingerprint density at radius 3 is 2.25 bits per heavy atom. The van der Waals surface area contributed by atoms with Gasteiger partial charge in [0, 0.05) is 6.42 Å². The molecule has 0 amide bonds. The summed E-state index contributed by atoms with van der Waals surface area (Å²) in [5.41, 5.74) is 0. The summed E-state index contributed by atoms with van der Waals surface area (Å²) in [5.74, 6) is 0. The maximum absolute atomic E-state index is 9.05. The van der Waals surface area contributed by atoms with Gasteiger partial charge in [-0.1, -0.05) is 6.92 Å². The van der Waals surface area contributed by atoms with Crippen LogP contribution in [0.15, 0.2) is 0 Å². The van der Waals surface area contributed by atoms with E-state index in [2.05, 4.69) is 0 Å². The van der Waals surface area contributed by atoms with Crippen LogP contribution in [0.5, 0.6) is 0 Å². The molecule has 23 valence electrons. The first-order chi connectivity index (χ1) is 1.91. The van der Waals surface area contributed by atoms with Crippen LogP contribution in [0.4, 0.5) is 0 Å². The molecular formula is C3H5O. The SMILES string of the molecule is CC[C]=O. The van der Waals surface area contributed by atoms with Crippen LogP contribution in [-0.4, -0.2) is 6.29 Å². The molecule has 1 radical (unpaired) electrons. The van der Waals surface area contributed by atoms with Gasteiger partial charge in [-0.2, -0.15) is 0 Å². The molecule has 0 rings (SSSR count). The zero-order valence-electron chi connectivity index (χ0n) is 2.62. The van der Waals surface area contributed by atoms with Gasteiger partial charge in [0.2, 0.25) is 0 Å². The first kappa shape index (κ1) is 3.67. The lowest BCUT2D eigenvalue weighted by molar-refractivity contribution is 0.554. The van der Waals surface area contributed by atoms with Gasteiger partial charge in [-0.05, 0) is 0 Å². The molecule has 4 heavy (non-hydrogen) atoms. The fourth-order valence-corrected chi connectivity index (χ4v) is 0. The van der Waals surface area contributed by atoms with Crippen molar-refractivity contribution in [1.82, 2.24) is 0 Å². The molecule has 0 atom stereocenters. The molecular weight excluding hydrogens is 52.0 g/mol. The first-order valence-corrected chi connectivity index (χ1v) is 1.26. The van der Waals surface area contributed by atoms with Crippen LogP contribution in [0.1, 0.15) is 13.3 Å². The minimum atomic E-state index is 0.514. The van der Waals surface area contributed by atoms with Gasteiger partial charge in [0.1, 0.15) is 0 Å². The average molecular weight is 57.1 g/mol. The second-order valence-corrected chi connectivity index (χ2v) is 0.498. The van der Waals surface area contributed by atoms with E-state index < -0.39 is 0 Å². The van der Waals surface area contributed by atoms with Crippen molar-refractivity contribution in [2.24, 2.45) is 0 Å². The number of hydrogen-bond acceptors (Lipinski definition) is 1. The van der Waals surface area contributed by atoms with Crippen molar-refractivity contribution < 1.29 is 4.79 Å². The molecule has 0 heterocycles. The standard InChI is InChI=1S/C3H5O/c1-2-3-4/h2H2,1H3. The summed E-state index contributed by atoms with van der Waals surface area (Å²) in [4.78, 5) is 9.05. The van der Waals surface area contributed by atoms with Crippen molar-refractivity contribution in [1.29, 1.82) is 0 Å². The minimum Gasteiger partial charge on any atom is -0.291 e. The third kappa shape index (κ3) is 1.67. The van der Waals surface area contributed by atoms with Crippen LogP contribution < -0.4 is 0 Å². The predicted octanol–water partition coefficient (Wildman–Crippen LogP) is 0.506. The molecule has 0 aromatic carbocycles. The summed E-state index contributed by atoms with van der Waals surface area (Å²) in [6.45, 7) is 1.76. The van der Waals surface area contributed by atoms with E-state index in [1.54, 1.807) is 13.2 Å². The van der Waals surface area contributed by atoms with Crippen molar-refractivity contribution >= 4 is 6.29 Å². The second kappa shape index (κ2) is 2.67. The van der Waals surface area contributed by atoms with Gasteiger partial charge in [0.15, 0.2) is 6.29 Å². The highest BCUT2D eigenvalue weighted by molar-refractivity contribution is 5.49. The van der Waals surface area contributed by atoms with Gasteiger partial charge < -0.3 is 0 Å². The molecule has 1 heteroatoms. The molecule has 0 saturated carbocycles. The van der Waals surface area contributed by atoms with E-state index in [9.17, 15) is 0 Å². The van der Waals surface area contributed by atoms with Gasteiger partial charge in [0.05, 0.1) is 0 Å². The largest absolute Gasteiger partial charge is 0.291 e. The molecule has 0 aromatic heterocycles. The molecule has 0 saturated heterocycles. The molecule has 1 nitrogen and oxygen atoms in total. The minimum absolute atomic E-state index is 0.514. The van der Waals surface area contributed by atoms with E-state index in [1.807, 2.05) is 0 Å². The van der Waals surface area contributed by atoms with Crippen LogP contribution in [0.2, 0.25) is 0 Å². The molecule has 0 aliphatic rings. The predicted molar refractivity (Wildman–Crippen MR) is 16.0 cm³/mol. The Bertz CT molecular complexity index is 17.2. The zero-order valence-corrected chi connectivity index (χ0v) is 2.62. The second-order valence-electron chi connectivity index (χ2n) is 0.498. The lowest BCUT2D eigenvalue weighted by Gasteiger charge is -1.48. The monoisotopic (exact) mass is 57.0 g/mol. The van der Waals surface area contributed by atoms with Crippen molar-refractivity contribution in [2.75, 3.05) is 0 Å². The quantitative estimate of drug-likeness (QED) is 0.428. The Hall–Kier alpha value is -0.330. The van der Waals surface area contributed by atoms with Crippen LogP contribution in [0.25, 0.3) is 0 Å². The van der Waals surface area contributed by atoms with E-state index in [1.165, 1.54) is 0 Å². The van der Waals surface area contributed by atoms with Crippen LogP contribution in [0.3, 0.4) is 0 Å². The van der Waals surface area contributed by atoms with Crippen molar-refractivity contribution in [3.63, 3.8) is 0 Å². The Morgan fingerprint density at radius 1 is 2.00 bits per heavy atom. The van der Waals surface area contributed by atoms with Crippen molar-refractivity contribution in [3.05, 3.63) is 0 Å². The van der Waals surface area contributed by atoms with E-state index in [4.69, 9.17) is 4.79 Å². The van der Waals surface area contributed by atoms with Gasteiger partial charge >= 0.3 is 0 Å². The highest BCUT2D eigenvalue weighted by Crippen LogP contribution is 1.53. The molecule has 0 fully saturated rings. The summed E-state index contributed by atoms with van der Waals surface area (Å²) < 4.78 is 0. The topological polar surface area (TPSA) is 17.1 Å². The molecule has 0 unspecified atom stereocenters. The summed E-state index contributed by atoms with van der Waals surface area (Å²) in [6, 6.07) is 0. The fraction of sp³-hybridized carbons (Fsp3) is 0.667. The number of rotatable bonds is 1. The number of hydrogen-bond donors (Lipinski definition) is 0. The maximum Gasteiger partial charge on any atom is 0.198 e. The Balaban J connectivity index is 2.30. The summed E-state index contributed by atoms with van der Waals surface area (Å²) >= 11 is 0. The smallest absolute Gasteiger partial charge is 0.198 e. The lowest BCUT2D eigenvalue weighted by Crippen LogP contribution is -1.54. The summed E-state index contributed by atoms with van der Waals surface area (Å²) in [5, 5.41) is 0. The van der Waals surface area contributed by atoms with Crippen LogP contribution >= 0.6 is 0 Å². The molecule has 0 aliphatic carbocycles. The normalized spacial score (nSPS) is 6.25. The van der Waals surface area contributed by atoms with Gasteiger partial charge in [0.25, 0.3) is 0 Å². The first-order valence-electron chi connectivity index (χ1n) is 1.26. The average Bonchev–Trinajstić information content (AvgIpc) is 1.37. The Labute approximate surface area is 25.6 Å². The van der Waals surface area contributed by atoms with Crippen LogP contribution in [-0.2, 0) is 4.79 Å². The van der Waals surface area contributed by atoms with Crippen molar-refractivity contribution in [3.8, 4) is 0 Å². The highest BCUT2D eigenvalue weighted by Gasteiger charge is 1.55. The fourth-order valence-electron chi connectivity index (χ4n) is 0. The Kier molecular flexibility index (Phi) is 2.45.